The fraction of sp³-hybridized carbons (Fsp3) is 0.278. The Bertz CT molecular complexity index is 673. The first-order valence-corrected chi connectivity index (χ1v) is 10.0. The number of halogens is 2. The minimum absolute atomic E-state index is 0.186. The molecular weight excluding hydrogens is 422 g/mol. The molecule has 0 spiro atoms. The van der Waals surface area contributed by atoms with E-state index in [1.54, 1.807) is 0 Å². The summed E-state index contributed by atoms with van der Waals surface area (Å²) in [6.45, 7) is 2.64. The number of nitrogens with zero attached hydrogens (tertiary/aromatic N) is 1. The summed E-state index contributed by atoms with van der Waals surface area (Å²) in [4.78, 5) is 0. The lowest BCUT2D eigenvalue weighted by molar-refractivity contribution is -0.559. The number of amidine groups is 1. The molecule has 23 heavy (non-hydrogen) atoms. The van der Waals surface area contributed by atoms with Crippen molar-refractivity contribution in [1.29, 1.82) is 0 Å². The number of thioether (sulfide) groups is 1. The minimum Gasteiger partial charge on any atom is -0.268 e. The van der Waals surface area contributed by atoms with Gasteiger partial charge in [0.25, 0.3) is 0 Å². The summed E-state index contributed by atoms with van der Waals surface area (Å²) >= 11 is 4.35. The highest BCUT2D eigenvalue weighted by Gasteiger charge is 2.28. The Morgan fingerprint density at radius 2 is 1.70 bits per heavy atom. The molecule has 2 aromatic carbocycles. The molecular formula is C18H19FIN2S+. The molecule has 0 aliphatic carbocycles. The topological polar surface area (TPSA) is 15.0 Å². The largest absolute Gasteiger partial charge is 0.307 e. The van der Waals surface area contributed by atoms with Gasteiger partial charge in [-0.1, -0.05) is 65.1 Å². The Balaban J connectivity index is 1.84. The maximum absolute atomic E-state index is 13.1. The Morgan fingerprint density at radius 1 is 1.04 bits per heavy atom. The molecule has 0 saturated carbocycles. The van der Waals surface area contributed by atoms with Crippen molar-refractivity contribution in [2.24, 2.45) is 0 Å². The molecule has 120 valence electrons. The maximum Gasteiger partial charge on any atom is 0.307 e. The van der Waals surface area contributed by atoms with Crippen LogP contribution in [0.25, 0.3) is 0 Å². The van der Waals surface area contributed by atoms with Gasteiger partial charge in [0.1, 0.15) is 18.9 Å². The van der Waals surface area contributed by atoms with Gasteiger partial charge in [-0.15, -0.1) is 0 Å². The van der Waals surface area contributed by atoms with Crippen molar-refractivity contribution >= 4 is 39.5 Å². The number of rotatable bonds is 5. The second-order valence-electron chi connectivity index (χ2n) is 5.55. The zero-order chi connectivity index (χ0) is 16.1. The molecule has 0 bridgehead atoms. The van der Waals surface area contributed by atoms with Crippen molar-refractivity contribution in [3.63, 3.8) is 0 Å². The molecule has 1 atom stereocenters. The standard InChI is InChI=1S/C18H18FIN2S/c19-16-8-6-15(7-9-16)13-22(12-14-4-2-1-3-5-14)18-21-11-17(10-20)23-18/h1-9,17H,10-13H2/p+1. The molecule has 1 aliphatic heterocycles. The van der Waals surface area contributed by atoms with Crippen LogP contribution in [0.3, 0.4) is 0 Å². The summed E-state index contributed by atoms with van der Waals surface area (Å²) in [5, 5.41) is 5.38. The van der Waals surface area contributed by atoms with Crippen molar-refractivity contribution < 1.29 is 8.97 Å². The van der Waals surface area contributed by atoms with Crippen molar-refractivity contribution in [2.75, 3.05) is 11.0 Å². The zero-order valence-electron chi connectivity index (χ0n) is 12.7. The van der Waals surface area contributed by atoms with E-state index in [2.05, 4.69) is 56.7 Å². The van der Waals surface area contributed by atoms with Gasteiger partial charge in [0.15, 0.2) is 0 Å². The average molecular weight is 441 g/mol. The summed E-state index contributed by atoms with van der Waals surface area (Å²) in [6, 6.07) is 17.3. The lowest BCUT2D eigenvalue weighted by Gasteiger charge is -2.10. The molecule has 2 nitrogen and oxygen atoms in total. The quantitative estimate of drug-likeness (QED) is 0.428. The summed E-state index contributed by atoms with van der Waals surface area (Å²) in [5.41, 5.74) is 2.40. The fourth-order valence-electron chi connectivity index (χ4n) is 2.53. The predicted octanol–water partition coefficient (Wildman–Crippen LogP) is 4.03. The van der Waals surface area contributed by atoms with Crippen LogP contribution in [0.2, 0.25) is 0 Å². The molecule has 2 aromatic rings. The molecule has 1 saturated heterocycles. The first-order valence-electron chi connectivity index (χ1n) is 7.61. The highest BCUT2D eigenvalue weighted by Crippen LogP contribution is 2.21. The van der Waals surface area contributed by atoms with E-state index in [1.165, 1.54) is 22.9 Å². The first kappa shape index (κ1) is 16.8. The van der Waals surface area contributed by atoms with Crippen LogP contribution in [-0.2, 0) is 13.1 Å². The van der Waals surface area contributed by atoms with E-state index in [9.17, 15) is 4.39 Å². The second-order valence-corrected chi connectivity index (χ2v) is 7.72. The van der Waals surface area contributed by atoms with Crippen LogP contribution in [-0.4, -0.2) is 26.0 Å². The molecule has 1 aliphatic rings. The van der Waals surface area contributed by atoms with E-state index in [0.717, 1.165) is 29.6 Å². The van der Waals surface area contributed by atoms with Gasteiger partial charge in [0, 0.05) is 4.43 Å². The van der Waals surface area contributed by atoms with Crippen molar-refractivity contribution in [2.45, 2.75) is 18.3 Å². The Labute approximate surface area is 154 Å². The monoisotopic (exact) mass is 441 g/mol. The number of alkyl halides is 1. The van der Waals surface area contributed by atoms with E-state index in [0.29, 0.717) is 5.25 Å². The Kier molecular flexibility index (Phi) is 5.94. The SMILES string of the molecule is Fc1ccc(C[N+](Cc2ccccc2)=C2NCC(CI)S2)cc1. The van der Waals surface area contributed by atoms with Gasteiger partial charge in [-0.05, 0) is 35.0 Å². The van der Waals surface area contributed by atoms with Crippen LogP contribution in [0.5, 0.6) is 0 Å². The molecule has 1 heterocycles. The van der Waals surface area contributed by atoms with Gasteiger partial charge < -0.3 is 0 Å². The van der Waals surface area contributed by atoms with Crippen LogP contribution >= 0.6 is 34.4 Å². The van der Waals surface area contributed by atoms with Crippen LogP contribution in [0.1, 0.15) is 11.1 Å². The molecule has 5 heteroatoms. The van der Waals surface area contributed by atoms with E-state index in [4.69, 9.17) is 0 Å². The van der Waals surface area contributed by atoms with Gasteiger partial charge in [-0.25, -0.2) is 8.97 Å². The predicted molar refractivity (Wildman–Crippen MR) is 104 cm³/mol. The normalized spacial score (nSPS) is 19.5. The van der Waals surface area contributed by atoms with E-state index >= 15 is 0 Å². The van der Waals surface area contributed by atoms with Gasteiger partial charge in [-0.3, -0.25) is 5.32 Å². The maximum atomic E-state index is 13.1. The first-order chi connectivity index (χ1) is 11.2. The van der Waals surface area contributed by atoms with Gasteiger partial charge in [-0.2, -0.15) is 0 Å². The smallest absolute Gasteiger partial charge is 0.268 e. The Hall–Kier alpha value is -1.08. The van der Waals surface area contributed by atoms with Crippen LogP contribution in [0.4, 0.5) is 4.39 Å². The second kappa shape index (κ2) is 8.15. The Morgan fingerprint density at radius 3 is 2.30 bits per heavy atom. The highest BCUT2D eigenvalue weighted by molar-refractivity contribution is 14.1. The molecule has 0 amide bonds. The summed E-state index contributed by atoms with van der Waals surface area (Å²) in [7, 11) is 0. The summed E-state index contributed by atoms with van der Waals surface area (Å²) in [5.74, 6) is -0.186. The third-order valence-corrected chi connectivity index (χ3v) is 6.67. The molecule has 1 unspecified atom stereocenters. The third-order valence-electron chi connectivity index (χ3n) is 3.72. The van der Waals surface area contributed by atoms with Gasteiger partial charge >= 0.3 is 5.17 Å². The number of hydrogen-bond donors (Lipinski definition) is 1. The molecule has 0 aromatic heterocycles. The molecule has 3 rings (SSSR count). The molecule has 1 fully saturated rings. The highest BCUT2D eigenvalue weighted by atomic mass is 127. The number of benzene rings is 2. The lowest BCUT2D eigenvalue weighted by atomic mass is 10.2. The van der Waals surface area contributed by atoms with Crippen molar-refractivity contribution in [3.05, 3.63) is 71.5 Å². The molecule has 1 N–H and O–H groups in total. The number of nitrogens with one attached hydrogen (secondary N) is 1. The van der Waals surface area contributed by atoms with Crippen molar-refractivity contribution in [1.82, 2.24) is 5.32 Å². The zero-order valence-corrected chi connectivity index (χ0v) is 15.7. The van der Waals surface area contributed by atoms with E-state index in [1.807, 2.05) is 30.0 Å². The van der Waals surface area contributed by atoms with Crippen LogP contribution in [0, 0.1) is 5.82 Å². The fourth-order valence-corrected chi connectivity index (χ4v) is 4.37. The van der Waals surface area contributed by atoms with Gasteiger partial charge in [0.05, 0.1) is 11.8 Å². The lowest BCUT2D eigenvalue weighted by Crippen LogP contribution is -2.27. The van der Waals surface area contributed by atoms with E-state index < -0.39 is 0 Å². The van der Waals surface area contributed by atoms with Crippen LogP contribution in [0.15, 0.2) is 54.6 Å². The van der Waals surface area contributed by atoms with Crippen LogP contribution < -0.4 is 5.32 Å². The minimum atomic E-state index is -0.186. The average Bonchev–Trinajstić information content (AvgIpc) is 3.06. The summed E-state index contributed by atoms with van der Waals surface area (Å²) in [6.07, 6.45) is 0. The van der Waals surface area contributed by atoms with E-state index in [-0.39, 0.29) is 5.82 Å². The molecule has 0 radical (unpaired) electrons. The van der Waals surface area contributed by atoms with Crippen molar-refractivity contribution in [3.8, 4) is 0 Å². The number of hydrogen-bond acceptors (Lipinski definition) is 1. The van der Waals surface area contributed by atoms with Gasteiger partial charge in [0.2, 0.25) is 0 Å². The summed E-state index contributed by atoms with van der Waals surface area (Å²) < 4.78 is 16.6. The third kappa shape index (κ3) is 4.70.